The van der Waals surface area contributed by atoms with Gasteiger partial charge in [0.15, 0.2) is 0 Å². The van der Waals surface area contributed by atoms with Gasteiger partial charge < -0.3 is 25.5 Å². The SMILES string of the molecule is CN1C(=O)NCC1c1ccccc1C1CCN(C(=O)[C@@H](Cc2ccc(Cl)cc2)NC(=O)[C@@H]2Cc3ccccc3CN2C(=O)O)CC1. The first-order chi connectivity index (χ1) is 22.2. The zero-order chi connectivity index (χ0) is 32.4. The van der Waals surface area contributed by atoms with Crippen LogP contribution in [0.4, 0.5) is 9.59 Å². The van der Waals surface area contributed by atoms with Crippen molar-refractivity contribution in [3.05, 3.63) is 106 Å². The molecule has 46 heavy (non-hydrogen) atoms. The van der Waals surface area contributed by atoms with Gasteiger partial charge in [-0.25, -0.2) is 9.59 Å². The molecule has 0 aliphatic carbocycles. The molecule has 3 N–H and O–H groups in total. The van der Waals surface area contributed by atoms with Gasteiger partial charge in [0.05, 0.1) is 12.6 Å². The Morgan fingerprint density at radius 3 is 2.26 bits per heavy atom. The van der Waals surface area contributed by atoms with E-state index in [1.807, 2.05) is 55.6 Å². The minimum absolute atomic E-state index is 0.0422. The molecule has 3 aliphatic heterocycles. The van der Waals surface area contributed by atoms with Crippen molar-refractivity contribution in [2.75, 3.05) is 26.7 Å². The number of likely N-dealkylation sites (N-methyl/N-ethyl adjacent to an activating group) is 1. The smallest absolute Gasteiger partial charge is 0.408 e. The number of benzene rings is 3. The number of carboxylic acid groups (broad SMARTS) is 1. The number of fused-ring (bicyclic) bond motifs is 1. The molecule has 2 saturated heterocycles. The van der Waals surface area contributed by atoms with Crippen LogP contribution < -0.4 is 10.6 Å². The molecule has 11 heteroatoms. The minimum atomic E-state index is -1.18. The number of carbonyl (C=O) groups is 4. The number of urea groups is 1. The van der Waals surface area contributed by atoms with Crippen LogP contribution in [0.5, 0.6) is 0 Å². The van der Waals surface area contributed by atoms with E-state index in [2.05, 4.69) is 22.8 Å². The first kappa shape index (κ1) is 31.4. The summed E-state index contributed by atoms with van der Waals surface area (Å²) < 4.78 is 0. The zero-order valence-corrected chi connectivity index (χ0v) is 26.5. The summed E-state index contributed by atoms with van der Waals surface area (Å²) in [4.78, 5) is 56.9. The van der Waals surface area contributed by atoms with Crippen LogP contribution in [0.3, 0.4) is 0 Å². The molecule has 6 rings (SSSR count). The first-order valence-corrected chi connectivity index (χ1v) is 16.1. The van der Waals surface area contributed by atoms with E-state index in [4.69, 9.17) is 11.6 Å². The van der Waals surface area contributed by atoms with Gasteiger partial charge in [0, 0.05) is 44.5 Å². The van der Waals surface area contributed by atoms with Crippen LogP contribution in [-0.4, -0.2) is 82.5 Å². The zero-order valence-electron chi connectivity index (χ0n) is 25.7. The second-order valence-electron chi connectivity index (χ2n) is 12.3. The molecule has 2 fully saturated rings. The lowest BCUT2D eigenvalue weighted by Crippen LogP contribution is -2.58. The van der Waals surface area contributed by atoms with Crippen molar-refractivity contribution in [2.24, 2.45) is 0 Å². The van der Waals surface area contributed by atoms with E-state index >= 15 is 0 Å². The van der Waals surface area contributed by atoms with Crippen LogP contribution in [0.25, 0.3) is 0 Å². The Morgan fingerprint density at radius 2 is 1.61 bits per heavy atom. The fourth-order valence-electron chi connectivity index (χ4n) is 7.01. The second kappa shape index (κ2) is 13.4. The van der Waals surface area contributed by atoms with E-state index in [-0.39, 0.29) is 43.3 Å². The fourth-order valence-corrected chi connectivity index (χ4v) is 7.13. The molecule has 0 saturated carbocycles. The van der Waals surface area contributed by atoms with Gasteiger partial charge in [-0.3, -0.25) is 14.5 Å². The molecule has 10 nitrogen and oxygen atoms in total. The highest BCUT2D eigenvalue weighted by atomic mass is 35.5. The number of likely N-dealkylation sites (tertiary alicyclic amines) is 1. The summed E-state index contributed by atoms with van der Waals surface area (Å²) >= 11 is 6.11. The van der Waals surface area contributed by atoms with Gasteiger partial charge in [-0.2, -0.15) is 0 Å². The normalized spacial score (nSPS) is 20.6. The third-order valence-electron chi connectivity index (χ3n) is 9.60. The van der Waals surface area contributed by atoms with E-state index in [1.54, 1.807) is 21.9 Å². The molecule has 240 valence electrons. The van der Waals surface area contributed by atoms with E-state index in [1.165, 1.54) is 5.56 Å². The Labute approximate surface area is 273 Å². The summed E-state index contributed by atoms with van der Waals surface area (Å²) in [5.74, 6) is -0.463. The van der Waals surface area contributed by atoms with Crippen molar-refractivity contribution in [3.63, 3.8) is 0 Å². The minimum Gasteiger partial charge on any atom is -0.465 e. The molecule has 3 atom stereocenters. The predicted octanol–water partition coefficient (Wildman–Crippen LogP) is 4.57. The topological polar surface area (TPSA) is 122 Å². The van der Waals surface area contributed by atoms with E-state index in [0.29, 0.717) is 24.7 Å². The Kier molecular flexibility index (Phi) is 9.17. The van der Waals surface area contributed by atoms with Gasteiger partial charge in [-0.15, -0.1) is 0 Å². The predicted molar refractivity (Wildman–Crippen MR) is 173 cm³/mol. The van der Waals surface area contributed by atoms with Crippen LogP contribution in [0.1, 0.15) is 52.6 Å². The molecule has 0 aromatic heterocycles. The maximum absolute atomic E-state index is 14.1. The fraction of sp³-hybridized carbons (Fsp3) is 0.371. The summed E-state index contributed by atoms with van der Waals surface area (Å²) in [5, 5.41) is 16.4. The average Bonchev–Trinajstić information content (AvgIpc) is 3.41. The van der Waals surface area contributed by atoms with Gasteiger partial charge in [0.25, 0.3) is 0 Å². The van der Waals surface area contributed by atoms with Crippen LogP contribution in [0, 0.1) is 0 Å². The molecular formula is C35H38ClN5O5. The van der Waals surface area contributed by atoms with Crippen molar-refractivity contribution in [1.82, 2.24) is 25.3 Å². The monoisotopic (exact) mass is 643 g/mol. The van der Waals surface area contributed by atoms with Crippen LogP contribution in [-0.2, 0) is 29.0 Å². The van der Waals surface area contributed by atoms with Crippen molar-refractivity contribution < 1.29 is 24.3 Å². The number of nitrogens with zero attached hydrogens (tertiary/aromatic N) is 3. The molecule has 0 radical (unpaired) electrons. The maximum Gasteiger partial charge on any atom is 0.408 e. The van der Waals surface area contributed by atoms with Crippen molar-refractivity contribution >= 4 is 35.5 Å². The molecule has 0 bridgehead atoms. The first-order valence-electron chi connectivity index (χ1n) is 15.7. The number of piperidine rings is 1. The number of halogens is 1. The highest BCUT2D eigenvalue weighted by Gasteiger charge is 2.38. The number of hydrogen-bond acceptors (Lipinski definition) is 4. The maximum atomic E-state index is 14.1. The number of amides is 5. The van der Waals surface area contributed by atoms with Gasteiger partial charge in [-0.1, -0.05) is 72.3 Å². The molecule has 1 unspecified atom stereocenters. The van der Waals surface area contributed by atoms with Crippen molar-refractivity contribution in [2.45, 2.75) is 56.3 Å². The Morgan fingerprint density at radius 1 is 0.957 bits per heavy atom. The lowest BCUT2D eigenvalue weighted by Gasteiger charge is -2.37. The number of nitrogens with one attached hydrogen (secondary N) is 2. The van der Waals surface area contributed by atoms with E-state index < -0.39 is 24.1 Å². The molecule has 5 amide bonds. The largest absolute Gasteiger partial charge is 0.465 e. The van der Waals surface area contributed by atoms with Crippen LogP contribution in [0.2, 0.25) is 5.02 Å². The van der Waals surface area contributed by atoms with Gasteiger partial charge in [0.1, 0.15) is 12.1 Å². The molecule has 0 spiro atoms. The molecule has 3 aromatic rings. The number of carbonyl (C=O) groups excluding carboxylic acids is 3. The average molecular weight is 644 g/mol. The van der Waals surface area contributed by atoms with Crippen LogP contribution >= 0.6 is 11.6 Å². The van der Waals surface area contributed by atoms with Crippen molar-refractivity contribution in [3.8, 4) is 0 Å². The Bertz CT molecular complexity index is 1620. The molecule has 3 heterocycles. The Hall–Kier alpha value is -4.57. The Balaban J connectivity index is 1.18. The lowest BCUT2D eigenvalue weighted by atomic mass is 9.84. The number of rotatable bonds is 7. The van der Waals surface area contributed by atoms with E-state index in [9.17, 15) is 24.3 Å². The highest BCUT2D eigenvalue weighted by molar-refractivity contribution is 6.30. The summed E-state index contributed by atoms with van der Waals surface area (Å²) in [6.45, 7) is 1.69. The van der Waals surface area contributed by atoms with E-state index in [0.717, 1.165) is 40.0 Å². The third-order valence-corrected chi connectivity index (χ3v) is 9.85. The van der Waals surface area contributed by atoms with Gasteiger partial charge >= 0.3 is 12.1 Å². The lowest BCUT2D eigenvalue weighted by molar-refractivity contribution is -0.138. The molecule has 3 aromatic carbocycles. The summed E-state index contributed by atoms with van der Waals surface area (Å²) in [5.41, 5.74) is 4.94. The molecule has 3 aliphatic rings. The summed E-state index contributed by atoms with van der Waals surface area (Å²) in [6, 6.07) is 20.9. The quantitative estimate of drug-likeness (QED) is 0.348. The highest BCUT2D eigenvalue weighted by Crippen LogP contribution is 2.36. The molecular weight excluding hydrogens is 606 g/mol. The standard InChI is InChI=1S/C35H38ClN5O5/c1-39-31(20-37-34(39)44)28-9-5-4-8-27(28)23-14-16-40(17-15-23)33(43)29(18-22-10-12-26(36)13-11-22)38-32(42)30-19-24-6-2-3-7-25(24)21-41(30)35(45)46/h2-13,23,29-31H,14-21H2,1H3,(H,37,44)(H,38,42)(H,45,46)/t29-,30+,31?/m1/s1. The van der Waals surface area contributed by atoms with Gasteiger partial charge in [-0.05, 0) is 58.7 Å². The summed E-state index contributed by atoms with van der Waals surface area (Å²) in [6.07, 6.45) is 0.790. The summed E-state index contributed by atoms with van der Waals surface area (Å²) in [7, 11) is 1.81. The third kappa shape index (κ3) is 6.53. The second-order valence-corrected chi connectivity index (χ2v) is 12.8. The van der Waals surface area contributed by atoms with Crippen LogP contribution in [0.15, 0.2) is 72.8 Å². The van der Waals surface area contributed by atoms with Gasteiger partial charge in [0.2, 0.25) is 11.8 Å². The number of hydrogen-bond donors (Lipinski definition) is 3. The van der Waals surface area contributed by atoms with Crippen molar-refractivity contribution in [1.29, 1.82) is 0 Å².